The standard InChI is InChI=1S/C17H30N2O2/c1-17(14-18,19(2)12-5-13-20-3)11-10-15-6-8-16(21-4)9-7-15/h6-9H,5,10-14,18H2,1-4H3. The lowest BCUT2D eigenvalue weighted by Crippen LogP contribution is -2.50. The molecule has 0 bridgehead atoms. The van der Waals surface area contributed by atoms with Crippen molar-refractivity contribution in [2.45, 2.75) is 31.7 Å². The minimum absolute atomic E-state index is 0.0215. The predicted octanol–water partition coefficient (Wildman–Crippen LogP) is 2.31. The SMILES string of the molecule is COCCCN(C)C(C)(CN)CCc1ccc(OC)cc1. The van der Waals surface area contributed by atoms with Gasteiger partial charge in [0.1, 0.15) is 5.75 Å². The van der Waals surface area contributed by atoms with Crippen LogP contribution < -0.4 is 10.5 Å². The van der Waals surface area contributed by atoms with Crippen LogP contribution in [0.5, 0.6) is 5.75 Å². The van der Waals surface area contributed by atoms with Crippen molar-refractivity contribution < 1.29 is 9.47 Å². The van der Waals surface area contributed by atoms with Gasteiger partial charge in [0.25, 0.3) is 0 Å². The van der Waals surface area contributed by atoms with Crippen LogP contribution in [0.25, 0.3) is 0 Å². The Morgan fingerprint density at radius 1 is 1.19 bits per heavy atom. The monoisotopic (exact) mass is 294 g/mol. The molecule has 4 heteroatoms. The van der Waals surface area contributed by atoms with E-state index in [1.165, 1.54) is 5.56 Å². The van der Waals surface area contributed by atoms with Gasteiger partial charge in [0.05, 0.1) is 7.11 Å². The quantitative estimate of drug-likeness (QED) is 0.673. The highest BCUT2D eigenvalue weighted by Crippen LogP contribution is 2.21. The lowest BCUT2D eigenvalue weighted by Gasteiger charge is -2.38. The third kappa shape index (κ3) is 5.65. The van der Waals surface area contributed by atoms with Crippen molar-refractivity contribution in [1.82, 2.24) is 4.90 Å². The molecule has 0 saturated heterocycles. The van der Waals surface area contributed by atoms with Gasteiger partial charge in [0, 0.05) is 32.3 Å². The summed E-state index contributed by atoms with van der Waals surface area (Å²) in [5, 5.41) is 0. The number of hydrogen-bond donors (Lipinski definition) is 1. The van der Waals surface area contributed by atoms with Gasteiger partial charge < -0.3 is 15.2 Å². The van der Waals surface area contributed by atoms with E-state index in [4.69, 9.17) is 15.2 Å². The Morgan fingerprint density at radius 3 is 2.38 bits per heavy atom. The molecule has 0 radical (unpaired) electrons. The predicted molar refractivity (Wildman–Crippen MR) is 87.9 cm³/mol. The molecule has 21 heavy (non-hydrogen) atoms. The van der Waals surface area contributed by atoms with E-state index in [-0.39, 0.29) is 5.54 Å². The molecule has 1 atom stereocenters. The third-order valence-corrected chi connectivity index (χ3v) is 4.31. The average Bonchev–Trinajstić information content (AvgIpc) is 2.53. The second-order valence-electron chi connectivity index (χ2n) is 5.82. The summed E-state index contributed by atoms with van der Waals surface area (Å²) in [6, 6.07) is 8.27. The highest BCUT2D eigenvalue weighted by atomic mass is 16.5. The van der Waals surface area contributed by atoms with E-state index in [0.29, 0.717) is 6.54 Å². The Balaban J connectivity index is 2.54. The number of ether oxygens (including phenoxy) is 2. The van der Waals surface area contributed by atoms with Crippen molar-refractivity contribution in [3.8, 4) is 5.75 Å². The van der Waals surface area contributed by atoms with Crippen molar-refractivity contribution in [2.75, 3.05) is 41.0 Å². The second-order valence-corrected chi connectivity index (χ2v) is 5.82. The highest BCUT2D eigenvalue weighted by molar-refractivity contribution is 5.27. The number of rotatable bonds is 10. The summed E-state index contributed by atoms with van der Waals surface area (Å²) >= 11 is 0. The molecule has 0 heterocycles. The summed E-state index contributed by atoms with van der Waals surface area (Å²) in [6.07, 6.45) is 3.09. The zero-order chi connectivity index (χ0) is 15.7. The van der Waals surface area contributed by atoms with Crippen LogP contribution in [-0.2, 0) is 11.2 Å². The van der Waals surface area contributed by atoms with E-state index >= 15 is 0 Å². The maximum Gasteiger partial charge on any atom is 0.118 e. The van der Waals surface area contributed by atoms with Crippen molar-refractivity contribution in [3.63, 3.8) is 0 Å². The van der Waals surface area contributed by atoms with Crippen LogP contribution >= 0.6 is 0 Å². The van der Waals surface area contributed by atoms with Gasteiger partial charge in [-0.25, -0.2) is 0 Å². The fourth-order valence-corrected chi connectivity index (χ4v) is 2.37. The first-order valence-electron chi connectivity index (χ1n) is 7.59. The van der Waals surface area contributed by atoms with Crippen LogP contribution in [0.4, 0.5) is 0 Å². The molecule has 1 aromatic carbocycles. The molecule has 1 rings (SSSR count). The number of likely N-dealkylation sites (N-methyl/N-ethyl adjacent to an activating group) is 1. The molecule has 0 aliphatic carbocycles. The van der Waals surface area contributed by atoms with Gasteiger partial charge in [-0.1, -0.05) is 12.1 Å². The smallest absolute Gasteiger partial charge is 0.118 e. The average molecular weight is 294 g/mol. The van der Waals surface area contributed by atoms with Gasteiger partial charge in [-0.15, -0.1) is 0 Å². The molecule has 0 aliphatic rings. The Hall–Kier alpha value is -1.10. The van der Waals surface area contributed by atoms with Gasteiger partial charge >= 0.3 is 0 Å². The molecule has 120 valence electrons. The lowest BCUT2D eigenvalue weighted by molar-refractivity contribution is 0.113. The van der Waals surface area contributed by atoms with Gasteiger partial charge in [0.2, 0.25) is 0 Å². The lowest BCUT2D eigenvalue weighted by atomic mass is 9.91. The summed E-state index contributed by atoms with van der Waals surface area (Å²) in [5.41, 5.74) is 7.37. The summed E-state index contributed by atoms with van der Waals surface area (Å²) in [4.78, 5) is 2.36. The number of aryl methyl sites for hydroxylation is 1. The minimum Gasteiger partial charge on any atom is -0.497 e. The molecule has 0 saturated carbocycles. The molecular weight excluding hydrogens is 264 g/mol. The Kier molecular flexibility index (Phi) is 7.72. The minimum atomic E-state index is 0.0215. The fraction of sp³-hybridized carbons (Fsp3) is 0.647. The Morgan fingerprint density at radius 2 is 1.86 bits per heavy atom. The molecule has 0 amide bonds. The van der Waals surface area contributed by atoms with Crippen LogP contribution in [0.15, 0.2) is 24.3 Å². The van der Waals surface area contributed by atoms with Crippen molar-refractivity contribution in [3.05, 3.63) is 29.8 Å². The van der Waals surface area contributed by atoms with E-state index in [1.807, 2.05) is 12.1 Å². The van der Waals surface area contributed by atoms with E-state index in [1.54, 1.807) is 14.2 Å². The molecule has 0 aliphatic heterocycles. The summed E-state index contributed by atoms with van der Waals surface area (Å²) in [6.45, 7) is 4.70. The Labute approximate surface area is 129 Å². The molecule has 1 unspecified atom stereocenters. The van der Waals surface area contributed by atoms with Gasteiger partial charge in [0.15, 0.2) is 0 Å². The van der Waals surface area contributed by atoms with Crippen LogP contribution in [0.3, 0.4) is 0 Å². The maximum absolute atomic E-state index is 6.03. The third-order valence-electron chi connectivity index (χ3n) is 4.31. The van der Waals surface area contributed by atoms with E-state index in [9.17, 15) is 0 Å². The van der Waals surface area contributed by atoms with Crippen molar-refractivity contribution in [2.24, 2.45) is 5.73 Å². The second kappa shape index (κ2) is 9.03. The van der Waals surface area contributed by atoms with Gasteiger partial charge in [-0.05, 0) is 50.9 Å². The van der Waals surface area contributed by atoms with E-state index < -0.39 is 0 Å². The molecular formula is C17H30N2O2. The van der Waals surface area contributed by atoms with Crippen LogP contribution in [0.1, 0.15) is 25.3 Å². The first-order chi connectivity index (χ1) is 10.1. The number of hydrogen-bond acceptors (Lipinski definition) is 4. The summed E-state index contributed by atoms with van der Waals surface area (Å²) in [5.74, 6) is 0.900. The zero-order valence-corrected chi connectivity index (χ0v) is 13.9. The van der Waals surface area contributed by atoms with Gasteiger partial charge in [-0.3, -0.25) is 4.90 Å². The Bertz CT molecular complexity index is 394. The fourth-order valence-electron chi connectivity index (χ4n) is 2.37. The number of nitrogens with zero attached hydrogens (tertiary/aromatic N) is 1. The first kappa shape index (κ1) is 18.0. The molecule has 4 nitrogen and oxygen atoms in total. The molecule has 0 fully saturated rings. The van der Waals surface area contributed by atoms with Crippen LogP contribution in [0, 0.1) is 0 Å². The van der Waals surface area contributed by atoms with E-state index in [0.717, 1.165) is 38.2 Å². The normalized spacial score (nSPS) is 14.2. The first-order valence-corrected chi connectivity index (χ1v) is 7.59. The van der Waals surface area contributed by atoms with Crippen LogP contribution in [-0.4, -0.2) is 51.4 Å². The molecule has 0 spiro atoms. The maximum atomic E-state index is 6.03. The van der Waals surface area contributed by atoms with E-state index in [2.05, 4.69) is 31.0 Å². The largest absolute Gasteiger partial charge is 0.497 e. The van der Waals surface area contributed by atoms with Crippen LogP contribution in [0.2, 0.25) is 0 Å². The number of benzene rings is 1. The summed E-state index contributed by atoms with van der Waals surface area (Å²) < 4.78 is 10.3. The zero-order valence-electron chi connectivity index (χ0n) is 13.9. The number of nitrogens with two attached hydrogens (primary N) is 1. The topological polar surface area (TPSA) is 47.7 Å². The van der Waals surface area contributed by atoms with Gasteiger partial charge in [-0.2, -0.15) is 0 Å². The number of methoxy groups -OCH3 is 2. The molecule has 1 aromatic rings. The summed E-state index contributed by atoms with van der Waals surface area (Å²) in [7, 11) is 5.58. The molecule has 0 aromatic heterocycles. The van der Waals surface area contributed by atoms with Crippen molar-refractivity contribution >= 4 is 0 Å². The molecule has 2 N–H and O–H groups in total. The highest BCUT2D eigenvalue weighted by Gasteiger charge is 2.26. The van der Waals surface area contributed by atoms with Crippen molar-refractivity contribution in [1.29, 1.82) is 0 Å².